The smallest absolute Gasteiger partial charge is 0.165 e. The number of benzene rings is 2. The third-order valence-corrected chi connectivity index (χ3v) is 3.00. The first kappa shape index (κ1) is 15.3. The highest BCUT2D eigenvalue weighted by Gasteiger charge is 2.07. The lowest BCUT2D eigenvalue weighted by Gasteiger charge is -2.09. The van der Waals surface area contributed by atoms with E-state index < -0.39 is 11.6 Å². The van der Waals surface area contributed by atoms with Gasteiger partial charge in [0.1, 0.15) is 19.0 Å². The van der Waals surface area contributed by atoms with E-state index in [1.54, 1.807) is 0 Å². The molecule has 108 valence electrons. The van der Waals surface area contributed by atoms with Crippen molar-refractivity contribution < 1.29 is 18.6 Å². The minimum atomic E-state index is -0.558. The van der Waals surface area contributed by atoms with Gasteiger partial charge in [0.2, 0.25) is 0 Å². The van der Waals surface area contributed by atoms with Crippen molar-refractivity contribution in [1.82, 2.24) is 0 Å². The zero-order valence-electron chi connectivity index (χ0n) is 10.9. The Bertz CT molecular complexity index is 705. The second-order valence-corrected chi connectivity index (χ2v) is 4.54. The van der Waals surface area contributed by atoms with Gasteiger partial charge in [-0.05, 0) is 36.4 Å². The predicted octanol–water partition coefficient (Wildman–Crippen LogP) is 3.54. The molecule has 0 radical (unpaired) electrons. The number of hydrogen-bond acceptors (Lipinski definition) is 2. The van der Waals surface area contributed by atoms with Crippen molar-refractivity contribution in [1.29, 1.82) is 0 Å². The Balaban J connectivity index is 2.17. The quantitative estimate of drug-likeness (QED) is 0.879. The fourth-order valence-electron chi connectivity index (χ4n) is 1.64. The van der Waals surface area contributed by atoms with E-state index in [-0.39, 0.29) is 19.0 Å². The molecule has 0 amide bonds. The zero-order valence-corrected chi connectivity index (χ0v) is 11.6. The predicted molar refractivity (Wildman–Crippen MR) is 76.1 cm³/mol. The molecule has 0 aliphatic carbocycles. The lowest BCUT2D eigenvalue weighted by molar-refractivity contribution is 0.290. The number of aliphatic hydroxyl groups excluding tert-OH is 1. The molecule has 2 aromatic rings. The van der Waals surface area contributed by atoms with Crippen molar-refractivity contribution >= 4 is 11.6 Å². The van der Waals surface area contributed by atoms with E-state index in [0.29, 0.717) is 16.1 Å². The van der Waals surface area contributed by atoms with Crippen LogP contribution in [0.15, 0.2) is 36.4 Å². The fourth-order valence-corrected chi connectivity index (χ4v) is 1.81. The molecule has 2 rings (SSSR count). The minimum absolute atomic E-state index is 0.0138. The van der Waals surface area contributed by atoms with Gasteiger partial charge in [0.05, 0.1) is 0 Å². The van der Waals surface area contributed by atoms with Gasteiger partial charge in [-0.1, -0.05) is 23.4 Å². The Morgan fingerprint density at radius 2 is 1.95 bits per heavy atom. The van der Waals surface area contributed by atoms with Crippen molar-refractivity contribution in [3.05, 3.63) is 64.2 Å². The maximum Gasteiger partial charge on any atom is 0.165 e. The third kappa shape index (κ3) is 4.19. The van der Waals surface area contributed by atoms with Gasteiger partial charge < -0.3 is 9.84 Å². The first-order valence-electron chi connectivity index (χ1n) is 6.06. The van der Waals surface area contributed by atoms with E-state index in [4.69, 9.17) is 21.4 Å². The Morgan fingerprint density at radius 1 is 1.14 bits per heavy atom. The molecule has 5 heteroatoms. The summed E-state index contributed by atoms with van der Waals surface area (Å²) in [5, 5.41) is 8.97. The molecule has 0 aromatic heterocycles. The van der Waals surface area contributed by atoms with Crippen molar-refractivity contribution in [2.45, 2.75) is 6.61 Å². The largest absolute Gasteiger partial charge is 0.486 e. The van der Waals surface area contributed by atoms with Crippen LogP contribution in [0, 0.1) is 23.5 Å². The third-order valence-electron chi connectivity index (χ3n) is 2.63. The fraction of sp³-hybridized carbons (Fsp3) is 0.125. The second-order valence-electron chi connectivity index (χ2n) is 4.13. The van der Waals surface area contributed by atoms with Crippen LogP contribution in [0.1, 0.15) is 11.1 Å². The molecule has 0 atom stereocenters. The molecule has 21 heavy (non-hydrogen) atoms. The molecular formula is C16H11ClF2O2. The summed E-state index contributed by atoms with van der Waals surface area (Å²) in [7, 11) is 0. The topological polar surface area (TPSA) is 29.5 Å². The van der Waals surface area contributed by atoms with E-state index in [1.165, 1.54) is 36.4 Å². The standard InChI is InChI=1S/C16H11ClF2O2/c17-14-5-4-13(18)9-12(14)10-21-16-8-11(2-1-7-20)3-6-15(16)19/h3-6,8-9,20H,7,10H2. The summed E-state index contributed by atoms with van der Waals surface area (Å²) >= 11 is 5.91. The first-order chi connectivity index (χ1) is 10.1. The molecule has 2 aromatic carbocycles. The molecule has 1 N–H and O–H groups in total. The van der Waals surface area contributed by atoms with Crippen molar-refractivity contribution in [3.8, 4) is 17.6 Å². The van der Waals surface area contributed by atoms with Gasteiger partial charge in [0, 0.05) is 16.1 Å². The summed E-state index contributed by atoms with van der Waals surface area (Å²) in [6.07, 6.45) is 0. The number of rotatable bonds is 3. The highest BCUT2D eigenvalue weighted by molar-refractivity contribution is 6.31. The van der Waals surface area contributed by atoms with Gasteiger partial charge in [0.25, 0.3) is 0 Å². The molecule has 0 heterocycles. The average molecular weight is 309 g/mol. The van der Waals surface area contributed by atoms with E-state index in [1.807, 2.05) is 0 Å². The second kappa shape index (κ2) is 7.07. The van der Waals surface area contributed by atoms with Crippen molar-refractivity contribution in [2.75, 3.05) is 6.61 Å². The van der Waals surface area contributed by atoms with Crippen molar-refractivity contribution in [3.63, 3.8) is 0 Å². The maximum atomic E-state index is 13.6. The van der Waals surface area contributed by atoms with Crippen LogP contribution < -0.4 is 4.74 Å². The van der Waals surface area contributed by atoms with E-state index in [9.17, 15) is 8.78 Å². The lowest BCUT2D eigenvalue weighted by atomic mass is 10.2. The van der Waals surface area contributed by atoms with Crippen LogP contribution in [0.2, 0.25) is 5.02 Å². The number of ether oxygens (including phenoxy) is 1. The Morgan fingerprint density at radius 3 is 2.71 bits per heavy atom. The van der Waals surface area contributed by atoms with Gasteiger partial charge in [-0.25, -0.2) is 8.78 Å². The van der Waals surface area contributed by atoms with Crippen LogP contribution in [-0.4, -0.2) is 11.7 Å². The first-order valence-corrected chi connectivity index (χ1v) is 6.44. The normalized spacial score (nSPS) is 9.90. The summed E-state index contributed by atoms with van der Waals surface area (Å²) in [4.78, 5) is 0. The Labute approximate surface area is 125 Å². The van der Waals surface area contributed by atoms with Gasteiger partial charge in [0.15, 0.2) is 11.6 Å². The molecule has 0 spiro atoms. The van der Waals surface area contributed by atoms with Gasteiger partial charge in [-0.3, -0.25) is 0 Å². The molecule has 0 aliphatic rings. The average Bonchev–Trinajstić information content (AvgIpc) is 2.48. The van der Waals surface area contributed by atoms with Crippen LogP contribution in [0.5, 0.6) is 5.75 Å². The minimum Gasteiger partial charge on any atom is -0.486 e. The summed E-state index contributed by atoms with van der Waals surface area (Å²) < 4.78 is 32.1. The number of halogens is 3. The van der Waals surface area contributed by atoms with E-state index in [0.717, 1.165) is 0 Å². The summed E-state index contributed by atoms with van der Waals surface area (Å²) in [6.45, 7) is -0.350. The Kier molecular flexibility index (Phi) is 5.15. The Hall–Kier alpha value is -2.09. The lowest BCUT2D eigenvalue weighted by Crippen LogP contribution is -1.99. The van der Waals surface area contributed by atoms with Crippen LogP contribution in [0.25, 0.3) is 0 Å². The monoisotopic (exact) mass is 308 g/mol. The van der Waals surface area contributed by atoms with Gasteiger partial charge >= 0.3 is 0 Å². The van der Waals surface area contributed by atoms with Crippen LogP contribution in [0.3, 0.4) is 0 Å². The SMILES string of the molecule is OCC#Cc1ccc(F)c(OCc2cc(F)ccc2Cl)c1. The highest BCUT2D eigenvalue weighted by Crippen LogP contribution is 2.23. The van der Waals surface area contributed by atoms with Crippen LogP contribution in [0.4, 0.5) is 8.78 Å². The van der Waals surface area contributed by atoms with Crippen molar-refractivity contribution in [2.24, 2.45) is 0 Å². The number of aliphatic hydroxyl groups is 1. The van der Waals surface area contributed by atoms with Gasteiger partial charge in [-0.15, -0.1) is 0 Å². The van der Waals surface area contributed by atoms with Crippen LogP contribution in [-0.2, 0) is 6.61 Å². The molecule has 0 saturated heterocycles. The molecule has 0 unspecified atom stereocenters. The summed E-state index contributed by atoms with van der Waals surface area (Å²) in [6, 6.07) is 7.97. The molecule has 2 nitrogen and oxygen atoms in total. The van der Waals surface area contributed by atoms with Gasteiger partial charge in [-0.2, -0.15) is 0 Å². The van der Waals surface area contributed by atoms with E-state index >= 15 is 0 Å². The molecule has 0 fully saturated rings. The van der Waals surface area contributed by atoms with Crippen LogP contribution >= 0.6 is 11.6 Å². The number of hydrogen-bond donors (Lipinski definition) is 1. The van der Waals surface area contributed by atoms with E-state index in [2.05, 4.69) is 11.8 Å². The molecule has 0 aliphatic heterocycles. The maximum absolute atomic E-state index is 13.6. The summed E-state index contributed by atoms with van der Waals surface area (Å²) in [5.41, 5.74) is 0.925. The summed E-state index contributed by atoms with van der Waals surface area (Å²) in [5.74, 6) is 4.09. The molecule has 0 saturated carbocycles. The zero-order chi connectivity index (χ0) is 15.2. The molecular weight excluding hydrogens is 298 g/mol. The highest BCUT2D eigenvalue weighted by atomic mass is 35.5. The molecule has 0 bridgehead atoms.